The van der Waals surface area contributed by atoms with Crippen molar-refractivity contribution in [2.45, 2.75) is 0 Å². The molecule has 0 aliphatic rings. The third kappa shape index (κ3) is 1.22. The number of rotatable bonds is 0. The fraction of sp³-hybridized carbons (Fsp3) is 0. The molecule has 3 nitrogen and oxygen atoms in total. The number of hydrogen-bond donors (Lipinski definition) is 1. The molecule has 1 heterocycles. The first-order chi connectivity index (χ1) is 5.77. The van der Waals surface area contributed by atoms with Crippen LogP contribution in [0, 0.1) is 3.70 Å². The van der Waals surface area contributed by atoms with Gasteiger partial charge in [-0.1, -0.05) is 0 Å². The van der Waals surface area contributed by atoms with Gasteiger partial charge in [-0.25, -0.2) is 9.97 Å². The van der Waals surface area contributed by atoms with Gasteiger partial charge in [0, 0.05) is 11.1 Å². The van der Waals surface area contributed by atoms with Crippen molar-refractivity contribution >= 4 is 39.2 Å². The molecule has 0 radical (unpaired) electrons. The van der Waals surface area contributed by atoms with E-state index in [2.05, 4.69) is 32.6 Å². The molecule has 2 N–H and O–H groups in total. The fourth-order valence-electron chi connectivity index (χ4n) is 1.04. The van der Waals surface area contributed by atoms with Crippen LogP contribution in [0.3, 0.4) is 0 Å². The highest BCUT2D eigenvalue weighted by molar-refractivity contribution is 14.1. The molecule has 0 amide bonds. The second-order valence-electron chi connectivity index (χ2n) is 2.44. The quantitative estimate of drug-likeness (QED) is 0.451. The third-order valence-corrected chi connectivity index (χ3v) is 2.47. The first-order valence-corrected chi connectivity index (χ1v) is 4.51. The van der Waals surface area contributed by atoms with Crippen LogP contribution in [0.4, 0.5) is 5.69 Å². The van der Waals surface area contributed by atoms with E-state index in [-0.39, 0.29) is 0 Å². The molecule has 0 unspecified atom stereocenters. The molecule has 2 rings (SSSR count). The van der Waals surface area contributed by atoms with E-state index in [1.54, 1.807) is 6.33 Å². The van der Waals surface area contributed by atoms with Crippen LogP contribution in [0.25, 0.3) is 10.9 Å². The van der Waals surface area contributed by atoms with E-state index < -0.39 is 0 Å². The topological polar surface area (TPSA) is 51.8 Å². The Bertz CT molecular complexity index is 428. The van der Waals surface area contributed by atoms with E-state index in [4.69, 9.17) is 5.73 Å². The largest absolute Gasteiger partial charge is 0.399 e. The zero-order valence-corrected chi connectivity index (χ0v) is 8.32. The fourth-order valence-corrected chi connectivity index (χ4v) is 1.62. The van der Waals surface area contributed by atoms with Crippen LogP contribution in [0.2, 0.25) is 0 Å². The summed E-state index contributed by atoms with van der Waals surface area (Å²) in [5.74, 6) is 0. The van der Waals surface area contributed by atoms with Gasteiger partial charge in [0.2, 0.25) is 0 Å². The second kappa shape index (κ2) is 2.85. The van der Waals surface area contributed by atoms with Crippen LogP contribution in [0.1, 0.15) is 0 Å². The third-order valence-electron chi connectivity index (χ3n) is 1.61. The van der Waals surface area contributed by atoms with Crippen molar-refractivity contribution in [3.63, 3.8) is 0 Å². The Hall–Kier alpha value is -0.910. The zero-order valence-electron chi connectivity index (χ0n) is 6.16. The maximum absolute atomic E-state index is 5.61. The summed E-state index contributed by atoms with van der Waals surface area (Å²) in [6.07, 6.45) is 1.55. The number of anilines is 1. The predicted octanol–water partition coefficient (Wildman–Crippen LogP) is 1.82. The average molecular weight is 271 g/mol. The van der Waals surface area contributed by atoms with Crippen molar-refractivity contribution in [2.75, 3.05) is 5.73 Å². The molecular weight excluding hydrogens is 265 g/mol. The number of hydrogen-bond acceptors (Lipinski definition) is 3. The highest BCUT2D eigenvalue weighted by atomic mass is 127. The Labute approximate surface area is 83.2 Å². The normalized spacial score (nSPS) is 10.4. The number of fused-ring (bicyclic) bond motifs is 1. The molecule has 0 fully saturated rings. The van der Waals surface area contributed by atoms with E-state index in [1.807, 2.05) is 18.2 Å². The molecule has 0 atom stereocenters. The van der Waals surface area contributed by atoms with Crippen LogP contribution in [0.15, 0.2) is 24.5 Å². The summed E-state index contributed by atoms with van der Waals surface area (Å²) in [5, 5.41) is 1.05. The number of halogens is 1. The van der Waals surface area contributed by atoms with Gasteiger partial charge in [-0.05, 0) is 40.8 Å². The minimum absolute atomic E-state index is 0.733. The van der Waals surface area contributed by atoms with Crippen LogP contribution in [-0.4, -0.2) is 9.97 Å². The summed E-state index contributed by atoms with van der Waals surface area (Å²) in [6, 6.07) is 5.64. The molecule has 0 saturated heterocycles. The van der Waals surface area contributed by atoms with Crippen LogP contribution >= 0.6 is 22.6 Å². The summed E-state index contributed by atoms with van der Waals surface area (Å²) in [5.41, 5.74) is 7.24. The Balaban J connectivity index is 2.86. The van der Waals surface area contributed by atoms with Gasteiger partial charge in [0.1, 0.15) is 10.0 Å². The van der Waals surface area contributed by atoms with Gasteiger partial charge in [-0.3, -0.25) is 0 Å². The first kappa shape index (κ1) is 7.72. The molecule has 2 aromatic rings. The van der Waals surface area contributed by atoms with Crippen LogP contribution in [0.5, 0.6) is 0 Å². The van der Waals surface area contributed by atoms with Gasteiger partial charge < -0.3 is 5.73 Å². The zero-order chi connectivity index (χ0) is 8.55. The molecule has 1 aromatic carbocycles. The number of aromatic nitrogens is 2. The Kier molecular flexibility index (Phi) is 1.84. The summed E-state index contributed by atoms with van der Waals surface area (Å²) in [4.78, 5) is 8.18. The highest BCUT2D eigenvalue weighted by Crippen LogP contribution is 2.18. The predicted molar refractivity (Wildman–Crippen MR) is 56.7 cm³/mol. The molecule has 60 valence electrons. The van der Waals surface area contributed by atoms with Gasteiger partial charge >= 0.3 is 0 Å². The molecule has 0 spiro atoms. The van der Waals surface area contributed by atoms with Gasteiger partial charge in [0.25, 0.3) is 0 Å². The first-order valence-electron chi connectivity index (χ1n) is 3.43. The smallest absolute Gasteiger partial charge is 0.117 e. The lowest BCUT2D eigenvalue weighted by molar-refractivity contribution is 1.19. The van der Waals surface area contributed by atoms with Crippen LogP contribution in [-0.2, 0) is 0 Å². The van der Waals surface area contributed by atoms with E-state index in [9.17, 15) is 0 Å². The number of nitrogens with two attached hydrogens (primary N) is 1. The molecule has 0 aliphatic heterocycles. The summed E-state index contributed by atoms with van der Waals surface area (Å²) in [7, 11) is 0. The van der Waals surface area contributed by atoms with Gasteiger partial charge in [0.05, 0.1) is 5.52 Å². The summed E-state index contributed by atoms with van der Waals surface area (Å²) >= 11 is 2.18. The lowest BCUT2D eigenvalue weighted by Gasteiger charge is -1.98. The second-order valence-corrected chi connectivity index (χ2v) is 3.46. The molecule has 12 heavy (non-hydrogen) atoms. The van der Waals surface area contributed by atoms with Crippen molar-refractivity contribution in [3.8, 4) is 0 Å². The standard InChI is InChI=1S/C8H6IN3/c9-8-6-2-1-5(10)3-7(6)11-4-12-8/h1-4H,10H2. The average Bonchev–Trinajstić information content (AvgIpc) is 2.04. The van der Waals surface area contributed by atoms with E-state index in [0.717, 1.165) is 20.3 Å². The summed E-state index contributed by atoms with van der Waals surface area (Å²) < 4.78 is 0.956. The SMILES string of the molecule is Nc1ccc2c(I)ncnc2c1. The Morgan fingerprint density at radius 1 is 1.25 bits per heavy atom. The minimum Gasteiger partial charge on any atom is -0.399 e. The summed E-state index contributed by atoms with van der Waals surface area (Å²) in [6.45, 7) is 0. The molecule has 0 bridgehead atoms. The molecular formula is C8H6IN3. The number of nitrogen functional groups attached to an aromatic ring is 1. The number of benzene rings is 1. The van der Waals surface area contributed by atoms with Crippen molar-refractivity contribution in [3.05, 3.63) is 28.2 Å². The van der Waals surface area contributed by atoms with Crippen molar-refractivity contribution in [1.82, 2.24) is 9.97 Å². The van der Waals surface area contributed by atoms with Crippen molar-refractivity contribution in [2.24, 2.45) is 0 Å². The maximum atomic E-state index is 5.61. The lowest BCUT2D eigenvalue weighted by Crippen LogP contribution is -1.89. The molecule has 0 aliphatic carbocycles. The van der Waals surface area contributed by atoms with Crippen molar-refractivity contribution in [1.29, 1.82) is 0 Å². The van der Waals surface area contributed by atoms with Gasteiger partial charge in [-0.15, -0.1) is 0 Å². The molecule has 0 saturated carbocycles. The minimum atomic E-state index is 0.733. The van der Waals surface area contributed by atoms with Crippen molar-refractivity contribution < 1.29 is 0 Å². The van der Waals surface area contributed by atoms with Gasteiger partial charge in [-0.2, -0.15) is 0 Å². The highest BCUT2D eigenvalue weighted by Gasteiger charge is 1.99. The van der Waals surface area contributed by atoms with Crippen LogP contribution < -0.4 is 5.73 Å². The number of nitrogens with zero attached hydrogens (tertiary/aromatic N) is 2. The molecule has 1 aromatic heterocycles. The lowest BCUT2D eigenvalue weighted by atomic mass is 10.2. The van der Waals surface area contributed by atoms with E-state index >= 15 is 0 Å². The van der Waals surface area contributed by atoms with Gasteiger partial charge in [0.15, 0.2) is 0 Å². The maximum Gasteiger partial charge on any atom is 0.117 e. The monoisotopic (exact) mass is 271 g/mol. The van der Waals surface area contributed by atoms with E-state index in [0.29, 0.717) is 0 Å². The van der Waals surface area contributed by atoms with E-state index in [1.165, 1.54) is 0 Å². The Morgan fingerprint density at radius 3 is 2.92 bits per heavy atom. The molecule has 4 heteroatoms. The Morgan fingerprint density at radius 2 is 2.08 bits per heavy atom.